The van der Waals surface area contributed by atoms with Gasteiger partial charge in [-0.2, -0.15) is 0 Å². The van der Waals surface area contributed by atoms with E-state index in [0.717, 1.165) is 55.1 Å². The van der Waals surface area contributed by atoms with Gasteiger partial charge in [0.05, 0.1) is 11.4 Å². The van der Waals surface area contributed by atoms with Crippen LogP contribution in [0.25, 0.3) is 71.4 Å². The molecule has 0 bridgehead atoms. The smallest absolute Gasteiger partial charge is 0.0729 e. The molecule has 0 saturated carbocycles. The molecule has 0 aliphatic heterocycles. The molecule has 9 aromatic rings. The van der Waals surface area contributed by atoms with Crippen molar-refractivity contribution >= 4 is 49.9 Å². The number of hydrogen-bond acceptors (Lipinski definition) is 2. The van der Waals surface area contributed by atoms with E-state index >= 15 is 0 Å². The van der Waals surface area contributed by atoms with Crippen LogP contribution in [0.4, 0.5) is 0 Å². The van der Waals surface area contributed by atoms with Gasteiger partial charge in [-0.3, -0.25) is 4.99 Å². The molecule has 0 aromatic heterocycles. The number of nitrogens with zero attached hydrogens (tertiary/aromatic N) is 1. The van der Waals surface area contributed by atoms with Crippen molar-refractivity contribution in [3.63, 3.8) is 0 Å². The molecule has 0 saturated heterocycles. The van der Waals surface area contributed by atoms with E-state index in [1.165, 1.54) is 44.2 Å². The third-order valence-corrected chi connectivity index (χ3v) is 11.8. The fraction of sp³-hybridized carbons (Fsp3) is 0.0545. The van der Waals surface area contributed by atoms with Crippen molar-refractivity contribution in [3.8, 4) is 33.4 Å². The van der Waals surface area contributed by atoms with Gasteiger partial charge in [0.15, 0.2) is 0 Å². The van der Waals surface area contributed by atoms with Crippen molar-refractivity contribution in [2.75, 3.05) is 0 Å². The average Bonchev–Trinajstić information content (AvgIpc) is 3.51. The predicted molar refractivity (Wildman–Crippen MR) is 243 cm³/mol. The van der Waals surface area contributed by atoms with E-state index in [9.17, 15) is 5.41 Å². The van der Waals surface area contributed by atoms with Crippen molar-refractivity contribution in [1.82, 2.24) is 0 Å². The van der Waals surface area contributed by atoms with Gasteiger partial charge in [0.1, 0.15) is 0 Å². The standard InChI is InChI=1S/C55H40N2/c1-55(2)50-25-13-23-43(53(50)49-31-30-38-17-7-9-20-44(38)54(49)55)40-28-26-39(27-29-40)42-32-33-48(46-22-11-10-21-45(42)46)52(57-35-36-14-4-3-5-15-36)34-51(56)47-24-12-18-37-16-6-8-19-41(37)47/h3-35,56H,1-2H3/b52-34-,56-51?,57-35?. The van der Waals surface area contributed by atoms with Crippen molar-refractivity contribution in [2.24, 2.45) is 4.99 Å². The quantitative estimate of drug-likeness (QED) is 0.159. The number of hydrogen-bond donors (Lipinski definition) is 1. The van der Waals surface area contributed by atoms with E-state index in [0.29, 0.717) is 5.71 Å². The fourth-order valence-corrected chi connectivity index (χ4v) is 9.04. The van der Waals surface area contributed by atoms with Crippen molar-refractivity contribution in [2.45, 2.75) is 19.3 Å². The Kier molecular flexibility index (Phi) is 8.34. The number of aliphatic imine (C=N–C) groups is 1. The Morgan fingerprint density at radius 1 is 0.474 bits per heavy atom. The molecule has 0 amide bonds. The van der Waals surface area contributed by atoms with E-state index in [4.69, 9.17) is 4.99 Å². The van der Waals surface area contributed by atoms with E-state index in [-0.39, 0.29) is 5.41 Å². The third-order valence-electron chi connectivity index (χ3n) is 11.8. The average molecular weight is 729 g/mol. The number of benzene rings is 9. The lowest BCUT2D eigenvalue weighted by atomic mass is 9.80. The topological polar surface area (TPSA) is 36.2 Å². The number of allylic oxidation sites excluding steroid dienone is 1. The first-order valence-corrected chi connectivity index (χ1v) is 19.6. The Balaban J connectivity index is 1.06. The molecular formula is C55H40N2. The zero-order valence-electron chi connectivity index (χ0n) is 32.0. The van der Waals surface area contributed by atoms with Crippen LogP contribution < -0.4 is 0 Å². The second kappa shape index (κ2) is 13.8. The molecule has 270 valence electrons. The maximum atomic E-state index is 9.34. The summed E-state index contributed by atoms with van der Waals surface area (Å²) in [6.07, 6.45) is 3.81. The summed E-state index contributed by atoms with van der Waals surface area (Å²) in [7, 11) is 0. The molecule has 10 rings (SSSR count). The third kappa shape index (κ3) is 5.89. The van der Waals surface area contributed by atoms with Gasteiger partial charge in [-0.05, 0) is 88.5 Å². The first-order chi connectivity index (χ1) is 28.0. The molecule has 0 radical (unpaired) electrons. The summed E-state index contributed by atoms with van der Waals surface area (Å²) >= 11 is 0. The lowest BCUT2D eigenvalue weighted by Crippen LogP contribution is -2.15. The van der Waals surface area contributed by atoms with Crippen LogP contribution in [0.3, 0.4) is 0 Å². The predicted octanol–water partition coefficient (Wildman–Crippen LogP) is 14.3. The van der Waals surface area contributed by atoms with Gasteiger partial charge in [-0.25, -0.2) is 0 Å². The van der Waals surface area contributed by atoms with E-state index in [2.05, 4.69) is 147 Å². The van der Waals surface area contributed by atoms with E-state index in [1.807, 2.05) is 66.9 Å². The van der Waals surface area contributed by atoms with Gasteiger partial charge in [0, 0.05) is 22.8 Å². The molecular weight excluding hydrogens is 689 g/mol. The minimum Gasteiger partial charge on any atom is -0.300 e. The monoisotopic (exact) mass is 728 g/mol. The number of fused-ring (bicyclic) bond motifs is 7. The zero-order valence-corrected chi connectivity index (χ0v) is 32.0. The summed E-state index contributed by atoms with van der Waals surface area (Å²) in [6.45, 7) is 4.73. The summed E-state index contributed by atoms with van der Waals surface area (Å²) in [5, 5.41) is 16.4. The van der Waals surface area contributed by atoms with Crippen LogP contribution in [-0.4, -0.2) is 11.9 Å². The zero-order chi connectivity index (χ0) is 38.5. The van der Waals surface area contributed by atoms with Crippen molar-refractivity contribution in [1.29, 1.82) is 5.41 Å². The van der Waals surface area contributed by atoms with Gasteiger partial charge in [0.2, 0.25) is 0 Å². The minimum absolute atomic E-state index is 0.103. The van der Waals surface area contributed by atoms with Crippen LogP contribution in [-0.2, 0) is 5.41 Å². The van der Waals surface area contributed by atoms with Crippen LogP contribution in [0.1, 0.15) is 41.7 Å². The van der Waals surface area contributed by atoms with Crippen LogP contribution in [0.5, 0.6) is 0 Å². The Hall–Kier alpha value is -7.16. The van der Waals surface area contributed by atoms with E-state index in [1.54, 1.807) is 0 Å². The highest BCUT2D eigenvalue weighted by atomic mass is 14.7. The summed E-state index contributed by atoms with van der Waals surface area (Å²) in [5.74, 6) is 0. The van der Waals surface area contributed by atoms with Crippen LogP contribution in [0.15, 0.2) is 199 Å². The molecule has 57 heavy (non-hydrogen) atoms. The highest BCUT2D eigenvalue weighted by Gasteiger charge is 2.38. The molecule has 1 aliphatic rings. The van der Waals surface area contributed by atoms with E-state index < -0.39 is 0 Å². The highest BCUT2D eigenvalue weighted by molar-refractivity contribution is 6.18. The molecule has 0 heterocycles. The number of rotatable bonds is 7. The first kappa shape index (κ1) is 34.3. The molecule has 2 nitrogen and oxygen atoms in total. The first-order valence-electron chi connectivity index (χ1n) is 19.6. The summed E-state index contributed by atoms with van der Waals surface area (Å²) in [4.78, 5) is 5.07. The van der Waals surface area contributed by atoms with Crippen molar-refractivity contribution < 1.29 is 0 Å². The Labute approximate surface area is 333 Å². The van der Waals surface area contributed by atoms with Gasteiger partial charge in [0.25, 0.3) is 0 Å². The second-order valence-electron chi connectivity index (χ2n) is 15.5. The fourth-order valence-electron chi connectivity index (χ4n) is 9.04. The summed E-state index contributed by atoms with van der Waals surface area (Å²) in [6, 6.07) is 66.7. The molecule has 2 heteroatoms. The van der Waals surface area contributed by atoms with Crippen molar-refractivity contribution in [3.05, 3.63) is 222 Å². The maximum absolute atomic E-state index is 9.34. The number of nitrogens with one attached hydrogen (secondary N) is 1. The van der Waals surface area contributed by atoms with Gasteiger partial charge in [-0.15, -0.1) is 0 Å². The summed E-state index contributed by atoms with van der Waals surface area (Å²) in [5.41, 5.74) is 14.2. The lowest BCUT2D eigenvalue weighted by molar-refractivity contribution is 0.666. The van der Waals surface area contributed by atoms with Crippen LogP contribution in [0.2, 0.25) is 0 Å². The minimum atomic E-state index is -0.103. The molecule has 0 unspecified atom stereocenters. The molecule has 1 aliphatic carbocycles. The van der Waals surface area contributed by atoms with Gasteiger partial charge in [-0.1, -0.05) is 202 Å². The van der Waals surface area contributed by atoms with Gasteiger partial charge >= 0.3 is 0 Å². The molecule has 0 spiro atoms. The lowest BCUT2D eigenvalue weighted by Gasteiger charge is -2.23. The molecule has 0 fully saturated rings. The largest absolute Gasteiger partial charge is 0.300 e. The molecule has 9 aromatic carbocycles. The Morgan fingerprint density at radius 2 is 1.07 bits per heavy atom. The van der Waals surface area contributed by atoms with Crippen LogP contribution in [0, 0.1) is 5.41 Å². The second-order valence-corrected chi connectivity index (χ2v) is 15.5. The maximum Gasteiger partial charge on any atom is 0.0729 e. The Bertz CT molecular complexity index is 3090. The van der Waals surface area contributed by atoms with Crippen LogP contribution >= 0.6 is 0 Å². The summed E-state index contributed by atoms with van der Waals surface area (Å²) < 4.78 is 0. The van der Waals surface area contributed by atoms with Gasteiger partial charge < -0.3 is 5.41 Å². The molecule has 0 atom stereocenters. The Morgan fingerprint density at radius 3 is 1.84 bits per heavy atom. The highest BCUT2D eigenvalue weighted by Crippen LogP contribution is 2.54. The SMILES string of the molecule is CC1(C)c2cccc(-c3ccc(-c4ccc(/C(=C/C(=N)c5cccc6ccccc56)N=Cc5ccccc5)c5ccccc45)cc3)c2-c2ccc3ccccc3c21. The molecule has 1 N–H and O–H groups in total. The normalized spacial score (nSPS) is 13.3.